The number of pyridine rings is 1. The monoisotopic (exact) mass is 300 g/mol. The van der Waals surface area contributed by atoms with Crippen LogP contribution in [0.5, 0.6) is 17.4 Å². The molecule has 2 rings (SSSR count). The van der Waals surface area contributed by atoms with Gasteiger partial charge in [0, 0.05) is 18.8 Å². The van der Waals surface area contributed by atoms with E-state index in [0.29, 0.717) is 34.2 Å². The number of anilines is 2. The number of methoxy groups -OCH3 is 1. The summed E-state index contributed by atoms with van der Waals surface area (Å²) in [5, 5.41) is 0. The molecule has 4 N–H and O–H groups in total. The maximum atomic E-state index is 6.11. The zero-order valence-corrected chi connectivity index (χ0v) is 13.2. The maximum Gasteiger partial charge on any atom is 0.226 e. The smallest absolute Gasteiger partial charge is 0.226 e. The Labute approximate surface area is 129 Å². The van der Waals surface area contributed by atoms with Gasteiger partial charge in [-0.2, -0.15) is 4.98 Å². The van der Waals surface area contributed by atoms with Gasteiger partial charge in [0.1, 0.15) is 5.82 Å². The molecule has 0 aliphatic rings. The minimum absolute atomic E-state index is 0.274. The number of rotatable bonds is 4. The molecule has 1 aromatic carbocycles. The lowest BCUT2D eigenvalue weighted by molar-refractivity contribution is 0.372. The van der Waals surface area contributed by atoms with E-state index in [2.05, 4.69) is 9.98 Å². The van der Waals surface area contributed by atoms with E-state index in [4.69, 9.17) is 20.9 Å². The molecule has 22 heavy (non-hydrogen) atoms. The summed E-state index contributed by atoms with van der Waals surface area (Å²) in [5.74, 6) is 1.85. The first-order chi connectivity index (χ1) is 10.5. The number of hydrogen-bond donors (Lipinski definition) is 2. The fraction of sp³-hybridized carbons (Fsp3) is 0.250. The molecule has 6 heteroatoms. The van der Waals surface area contributed by atoms with Crippen molar-refractivity contribution in [2.45, 2.75) is 13.8 Å². The Hall–Kier alpha value is -2.76. The third-order valence-electron chi connectivity index (χ3n) is 3.37. The van der Waals surface area contributed by atoms with Gasteiger partial charge < -0.3 is 20.9 Å². The lowest BCUT2D eigenvalue weighted by Gasteiger charge is -2.16. The van der Waals surface area contributed by atoms with Gasteiger partial charge >= 0.3 is 0 Å². The molecular formula is C16H20N4O2. The van der Waals surface area contributed by atoms with Crippen LogP contribution in [0.4, 0.5) is 11.5 Å². The topological polar surface area (TPSA) is 95.8 Å². The highest BCUT2D eigenvalue weighted by atomic mass is 16.5. The molecule has 1 aromatic heterocycles. The number of hydrogen-bond acceptors (Lipinski definition) is 6. The number of nitrogens with two attached hydrogens (primary N) is 2. The van der Waals surface area contributed by atoms with E-state index in [1.165, 1.54) is 0 Å². The molecular weight excluding hydrogens is 280 g/mol. The predicted octanol–water partition coefficient (Wildman–Crippen LogP) is 2.71. The molecule has 0 bridgehead atoms. The van der Waals surface area contributed by atoms with Crippen molar-refractivity contribution in [3.63, 3.8) is 0 Å². The third-order valence-corrected chi connectivity index (χ3v) is 3.37. The van der Waals surface area contributed by atoms with Crippen LogP contribution in [0.3, 0.4) is 0 Å². The first-order valence-electron chi connectivity index (χ1n) is 6.78. The third kappa shape index (κ3) is 2.81. The van der Waals surface area contributed by atoms with Gasteiger partial charge in [0.25, 0.3) is 0 Å². The Bertz CT molecular complexity index is 727. The second-order valence-electron chi connectivity index (χ2n) is 4.85. The van der Waals surface area contributed by atoms with Crippen LogP contribution < -0.4 is 20.9 Å². The summed E-state index contributed by atoms with van der Waals surface area (Å²) in [7, 11) is 3.24. The van der Waals surface area contributed by atoms with Crippen molar-refractivity contribution in [3.05, 3.63) is 34.9 Å². The summed E-state index contributed by atoms with van der Waals surface area (Å²) in [6, 6.07) is 5.64. The Balaban J connectivity index is 2.52. The number of benzene rings is 1. The lowest BCUT2D eigenvalue weighted by atomic mass is 10.1. The van der Waals surface area contributed by atoms with Crippen molar-refractivity contribution >= 4 is 17.7 Å². The van der Waals surface area contributed by atoms with E-state index in [1.54, 1.807) is 20.4 Å². The molecule has 6 nitrogen and oxygen atoms in total. The van der Waals surface area contributed by atoms with Gasteiger partial charge in [-0.3, -0.25) is 4.99 Å². The summed E-state index contributed by atoms with van der Waals surface area (Å²) in [4.78, 5) is 8.23. The van der Waals surface area contributed by atoms with E-state index < -0.39 is 0 Å². The molecule has 0 fully saturated rings. The van der Waals surface area contributed by atoms with Crippen LogP contribution in [0, 0.1) is 13.8 Å². The molecule has 0 saturated heterocycles. The first kappa shape index (κ1) is 15.6. The highest BCUT2D eigenvalue weighted by molar-refractivity contribution is 5.93. The minimum Gasteiger partial charge on any atom is -0.493 e. The van der Waals surface area contributed by atoms with Gasteiger partial charge in [-0.1, -0.05) is 12.1 Å². The van der Waals surface area contributed by atoms with Crippen molar-refractivity contribution < 1.29 is 9.47 Å². The number of ether oxygens (including phenoxy) is 2. The van der Waals surface area contributed by atoms with Crippen molar-refractivity contribution in [3.8, 4) is 17.4 Å². The number of nitrogens with zero attached hydrogens (tertiary/aromatic N) is 2. The molecule has 0 aliphatic heterocycles. The summed E-state index contributed by atoms with van der Waals surface area (Å²) >= 11 is 0. The second-order valence-corrected chi connectivity index (χ2v) is 4.85. The van der Waals surface area contributed by atoms with Crippen LogP contribution in [0.2, 0.25) is 0 Å². The van der Waals surface area contributed by atoms with Crippen molar-refractivity contribution in [1.82, 2.24) is 4.98 Å². The van der Waals surface area contributed by atoms with Crippen LogP contribution in [-0.2, 0) is 0 Å². The molecule has 0 amide bonds. The molecule has 0 saturated carbocycles. The van der Waals surface area contributed by atoms with Gasteiger partial charge in [0.05, 0.1) is 18.4 Å². The molecule has 2 aromatic rings. The van der Waals surface area contributed by atoms with Gasteiger partial charge in [-0.25, -0.2) is 0 Å². The largest absolute Gasteiger partial charge is 0.493 e. The van der Waals surface area contributed by atoms with Gasteiger partial charge in [0.2, 0.25) is 5.88 Å². The highest BCUT2D eigenvalue weighted by Crippen LogP contribution is 2.37. The highest BCUT2D eigenvalue weighted by Gasteiger charge is 2.16. The van der Waals surface area contributed by atoms with E-state index in [0.717, 1.165) is 5.56 Å². The molecule has 0 aliphatic carbocycles. The fourth-order valence-corrected chi connectivity index (χ4v) is 2.09. The molecule has 116 valence electrons. The van der Waals surface area contributed by atoms with Crippen LogP contribution in [0.15, 0.2) is 23.2 Å². The van der Waals surface area contributed by atoms with Gasteiger partial charge in [0.15, 0.2) is 11.5 Å². The average Bonchev–Trinajstić information content (AvgIpc) is 2.50. The number of aromatic nitrogens is 1. The summed E-state index contributed by atoms with van der Waals surface area (Å²) in [6.45, 7) is 3.76. The molecule has 0 radical (unpaired) electrons. The Morgan fingerprint density at radius 1 is 1.23 bits per heavy atom. The minimum atomic E-state index is 0.274. The van der Waals surface area contributed by atoms with Crippen LogP contribution in [0.1, 0.15) is 16.7 Å². The van der Waals surface area contributed by atoms with E-state index >= 15 is 0 Å². The van der Waals surface area contributed by atoms with E-state index in [-0.39, 0.29) is 5.82 Å². The predicted molar refractivity (Wildman–Crippen MR) is 89.1 cm³/mol. The van der Waals surface area contributed by atoms with Crippen LogP contribution in [-0.4, -0.2) is 25.4 Å². The van der Waals surface area contributed by atoms with Crippen molar-refractivity contribution in [1.29, 1.82) is 0 Å². The van der Waals surface area contributed by atoms with Crippen LogP contribution in [0.25, 0.3) is 0 Å². The molecule has 1 heterocycles. The lowest BCUT2D eigenvalue weighted by Crippen LogP contribution is -2.07. The summed E-state index contributed by atoms with van der Waals surface area (Å²) in [6.07, 6.45) is 1.59. The van der Waals surface area contributed by atoms with Gasteiger partial charge in [-0.05, 0) is 25.5 Å². The van der Waals surface area contributed by atoms with E-state index in [1.807, 2.05) is 32.0 Å². The van der Waals surface area contributed by atoms with Crippen molar-refractivity contribution in [2.24, 2.45) is 4.99 Å². The SMILES string of the molecule is CN=Cc1c(N)nc(Oc2c(C)cccc2OC)c(C)c1N. The standard InChI is InChI=1S/C16H20N4O2/c1-9-6-5-7-12(21-4)14(9)22-16-10(2)13(17)11(8-19-3)15(18)20-16/h5-8H,1-4H3,(H4,17,18,20). The quantitative estimate of drug-likeness (QED) is 0.846. The van der Waals surface area contributed by atoms with Crippen LogP contribution >= 0.6 is 0 Å². The summed E-state index contributed by atoms with van der Waals surface area (Å²) in [5.41, 5.74) is 14.8. The van der Waals surface area contributed by atoms with Crippen molar-refractivity contribution in [2.75, 3.05) is 25.6 Å². The number of aryl methyl sites for hydroxylation is 1. The number of para-hydroxylation sites is 1. The Morgan fingerprint density at radius 3 is 2.59 bits per heavy atom. The second kappa shape index (κ2) is 6.34. The molecule has 0 spiro atoms. The molecule has 0 unspecified atom stereocenters. The van der Waals surface area contributed by atoms with E-state index in [9.17, 15) is 0 Å². The average molecular weight is 300 g/mol. The Kier molecular flexibility index (Phi) is 4.50. The zero-order chi connectivity index (χ0) is 16.3. The van der Waals surface area contributed by atoms with Gasteiger partial charge in [-0.15, -0.1) is 0 Å². The fourth-order valence-electron chi connectivity index (χ4n) is 2.09. The normalized spacial score (nSPS) is 10.9. The zero-order valence-electron chi connectivity index (χ0n) is 13.2. The summed E-state index contributed by atoms with van der Waals surface area (Å²) < 4.78 is 11.2. The number of aliphatic imine (C=N–C) groups is 1. The molecule has 0 atom stereocenters. The first-order valence-corrected chi connectivity index (χ1v) is 6.78. The number of nitrogen functional groups attached to an aromatic ring is 2. The maximum absolute atomic E-state index is 6.11. The Morgan fingerprint density at radius 2 is 1.95 bits per heavy atom.